The summed E-state index contributed by atoms with van der Waals surface area (Å²) < 4.78 is 5.09. The molecule has 0 aromatic carbocycles. The van der Waals surface area contributed by atoms with E-state index in [0.717, 1.165) is 6.26 Å². The van der Waals surface area contributed by atoms with Gasteiger partial charge in [0.1, 0.15) is 5.60 Å². The molecule has 0 aromatic heterocycles. The molecule has 84 valence electrons. The van der Waals surface area contributed by atoms with E-state index >= 15 is 0 Å². The van der Waals surface area contributed by atoms with Crippen LogP contribution in [0.3, 0.4) is 0 Å². The number of hydrogen-bond acceptors (Lipinski definition) is 4. The minimum Gasteiger partial charge on any atom is -0.515 e. The predicted octanol–water partition coefficient (Wildman–Crippen LogP) is 1.25. The van der Waals surface area contributed by atoms with Crippen LogP contribution in [0.5, 0.6) is 0 Å². The van der Waals surface area contributed by atoms with Crippen LogP contribution in [0.4, 0.5) is 4.79 Å². The van der Waals surface area contributed by atoms with Crippen molar-refractivity contribution < 1.29 is 19.4 Å². The number of carbonyl (C=O) groups excluding carboxylic acids is 2. The van der Waals surface area contributed by atoms with Crippen molar-refractivity contribution >= 4 is 11.9 Å². The summed E-state index contributed by atoms with van der Waals surface area (Å²) in [6.07, 6.45) is 0.208. The van der Waals surface area contributed by atoms with E-state index in [2.05, 4.69) is 0 Å². The quantitative estimate of drug-likeness (QED) is 0.485. The largest absolute Gasteiger partial charge is 0.515 e. The molecule has 1 aliphatic heterocycles. The van der Waals surface area contributed by atoms with Gasteiger partial charge < -0.3 is 9.84 Å². The third-order valence-corrected chi connectivity index (χ3v) is 1.86. The van der Waals surface area contributed by atoms with Crippen LogP contribution in [-0.4, -0.2) is 40.6 Å². The Bertz CT molecular complexity index is 314. The summed E-state index contributed by atoms with van der Waals surface area (Å²) in [6.45, 7) is 5.36. The lowest BCUT2D eigenvalue weighted by molar-refractivity contribution is -0.114. The topological polar surface area (TPSA) is 66.8 Å². The van der Waals surface area contributed by atoms with Gasteiger partial charge in [-0.05, 0) is 20.8 Å². The van der Waals surface area contributed by atoms with Gasteiger partial charge in [-0.1, -0.05) is 0 Å². The van der Waals surface area contributed by atoms with E-state index < -0.39 is 11.7 Å². The Kier molecular flexibility index (Phi) is 3.02. The van der Waals surface area contributed by atoms with E-state index in [4.69, 9.17) is 9.84 Å². The molecule has 1 heterocycles. The van der Waals surface area contributed by atoms with Crippen molar-refractivity contribution in [3.8, 4) is 0 Å². The number of Topliss-reactive ketones (excluding diaryl/α,β-unsaturated/α-hetero) is 1. The van der Waals surface area contributed by atoms with Gasteiger partial charge in [-0.3, -0.25) is 9.69 Å². The summed E-state index contributed by atoms with van der Waals surface area (Å²) in [5.41, 5.74) is -0.341. The molecule has 1 N–H and O–H groups in total. The highest BCUT2D eigenvalue weighted by Gasteiger charge is 2.31. The molecule has 0 atom stereocenters. The van der Waals surface area contributed by atoms with E-state index in [1.807, 2.05) is 0 Å². The summed E-state index contributed by atoms with van der Waals surface area (Å²) in [5.74, 6) is -0.247. The molecule has 0 unspecified atom stereocenters. The monoisotopic (exact) mass is 213 g/mol. The average Bonchev–Trinajstić information content (AvgIpc) is 2.43. The second kappa shape index (κ2) is 3.92. The number of carbonyl (C=O) groups is 2. The molecule has 1 saturated heterocycles. The molecule has 0 saturated carbocycles. The molecular formula is C10H15NO4. The highest BCUT2D eigenvalue weighted by atomic mass is 16.6. The fourth-order valence-electron chi connectivity index (χ4n) is 1.19. The van der Waals surface area contributed by atoms with Gasteiger partial charge in [0.05, 0.1) is 24.9 Å². The summed E-state index contributed by atoms with van der Waals surface area (Å²) >= 11 is 0. The molecule has 1 fully saturated rings. The summed E-state index contributed by atoms with van der Waals surface area (Å²) in [6, 6.07) is 0. The zero-order valence-electron chi connectivity index (χ0n) is 9.11. The zero-order valence-corrected chi connectivity index (χ0v) is 9.11. The van der Waals surface area contributed by atoms with Crippen LogP contribution >= 0.6 is 0 Å². The molecule has 1 aliphatic rings. The van der Waals surface area contributed by atoms with Crippen LogP contribution in [0, 0.1) is 0 Å². The fourth-order valence-corrected chi connectivity index (χ4v) is 1.19. The summed E-state index contributed by atoms with van der Waals surface area (Å²) in [7, 11) is 0. The van der Waals surface area contributed by atoms with Gasteiger partial charge in [0, 0.05) is 0 Å². The number of likely N-dealkylation sites (tertiary alicyclic amines) is 1. The lowest BCUT2D eigenvalue weighted by Crippen LogP contribution is -2.35. The van der Waals surface area contributed by atoms with Crippen molar-refractivity contribution in [1.29, 1.82) is 0 Å². The lowest BCUT2D eigenvalue weighted by atomic mass is 10.2. The van der Waals surface area contributed by atoms with Gasteiger partial charge in [-0.2, -0.15) is 0 Å². The number of nitrogens with zero attached hydrogens (tertiary/aromatic N) is 1. The summed E-state index contributed by atoms with van der Waals surface area (Å²) in [5, 5.41) is 8.71. The Morgan fingerprint density at radius 1 is 1.47 bits per heavy atom. The van der Waals surface area contributed by atoms with Crippen LogP contribution in [0.15, 0.2) is 11.8 Å². The van der Waals surface area contributed by atoms with E-state index in [9.17, 15) is 9.59 Å². The molecule has 15 heavy (non-hydrogen) atoms. The maximum Gasteiger partial charge on any atom is 0.411 e. The van der Waals surface area contributed by atoms with E-state index in [1.165, 1.54) is 4.90 Å². The lowest BCUT2D eigenvalue weighted by Gasteiger charge is -2.23. The van der Waals surface area contributed by atoms with Crippen molar-refractivity contribution in [3.63, 3.8) is 0 Å². The van der Waals surface area contributed by atoms with Crippen LogP contribution in [0.2, 0.25) is 0 Å². The normalized spacial score (nSPS) is 19.8. The number of ether oxygens (including phenoxy) is 1. The number of aliphatic hydroxyl groups is 1. The molecule has 0 radical (unpaired) electrons. The number of amides is 1. The van der Waals surface area contributed by atoms with E-state index in [1.54, 1.807) is 20.8 Å². The predicted molar refractivity (Wildman–Crippen MR) is 53.5 cm³/mol. The Balaban J connectivity index is 2.62. The number of aliphatic hydroxyl groups excluding tert-OH is 1. The molecule has 0 spiro atoms. The second-order valence-electron chi connectivity index (χ2n) is 4.41. The first kappa shape index (κ1) is 11.6. The first-order valence-corrected chi connectivity index (χ1v) is 4.68. The molecular weight excluding hydrogens is 198 g/mol. The molecule has 1 amide bonds. The molecule has 0 aromatic rings. The van der Waals surface area contributed by atoms with Gasteiger partial charge in [-0.15, -0.1) is 0 Å². The Morgan fingerprint density at radius 2 is 2.07 bits per heavy atom. The molecule has 0 bridgehead atoms. The van der Waals surface area contributed by atoms with Gasteiger partial charge in [0.2, 0.25) is 0 Å². The summed E-state index contributed by atoms with van der Waals surface area (Å²) in [4.78, 5) is 24.0. The van der Waals surface area contributed by atoms with Crippen molar-refractivity contribution in [3.05, 3.63) is 11.8 Å². The average molecular weight is 213 g/mol. The van der Waals surface area contributed by atoms with Crippen molar-refractivity contribution in [1.82, 2.24) is 4.90 Å². The smallest absolute Gasteiger partial charge is 0.411 e. The van der Waals surface area contributed by atoms with Crippen molar-refractivity contribution in [2.75, 3.05) is 13.1 Å². The third-order valence-electron chi connectivity index (χ3n) is 1.86. The molecule has 0 aliphatic carbocycles. The highest BCUT2D eigenvalue weighted by Crippen LogP contribution is 2.15. The maximum absolute atomic E-state index is 11.5. The Morgan fingerprint density at radius 3 is 2.47 bits per heavy atom. The van der Waals surface area contributed by atoms with Gasteiger partial charge in [0.15, 0.2) is 5.78 Å². The van der Waals surface area contributed by atoms with Crippen LogP contribution in [0.1, 0.15) is 20.8 Å². The molecule has 5 nitrogen and oxygen atoms in total. The third kappa shape index (κ3) is 2.97. The Hall–Kier alpha value is -1.52. The van der Waals surface area contributed by atoms with Crippen LogP contribution in [-0.2, 0) is 9.53 Å². The van der Waals surface area contributed by atoms with Gasteiger partial charge in [0.25, 0.3) is 0 Å². The number of rotatable bonds is 0. The number of hydrogen-bond donors (Lipinski definition) is 1. The van der Waals surface area contributed by atoms with Crippen molar-refractivity contribution in [2.24, 2.45) is 0 Å². The first-order valence-electron chi connectivity index (χ1n) is 4.68. The van der Waals surface area contributed by atoms with Crippen molar-refractivity contribution in [2.45, 2.75) is 26.4 Å². The zero-order chi connectivity index (χ0) is 11.6. The molecule has 1 rings (SSSR count). The van der Waals surface area contributed by atoms with E-state index in [0.29, 0.717) is 0 Å². The minimum absolute atomic E-state index is 0.0265. The SMILES string of the molecule is CC(C)(C)OC(=O)N1CC(=O)C(=CO)C1. The standard InChI is InChI=1S/C10H15NO4/c1-10(2,3)15-9(14)11-4-7(6-12)8(13)5-11/h6,12H,4-5H2,1-3H3. The fraction of sp³-hybridized carbons (Fsp3) is 0.600. The van der Waals surface area contributed by atoms with Gasteiger partial charge >= 0.3 is 6.09 Å². The highest BCUT2D eigenvalue weighted by molar-refractivity contribution is 6.01. The second-order valence-corrected chi connectivity index (χ2v) is 4.41. The van der Waals surface area contributed by atoms with Gasteiger partial charge in [-0.25, -0.2) is 4.79 Å². The van der Waals surface area contributed by atoms with E-state index in [-0.39, 0.29) is 24.4 Å². The van der Waals surface area contributed by atoms with Crippen LogP contribution < -0.4 is 0 Å². The number of ketones is 1. The molecule has 5 heteroatoms. The Labute approximate surface area is 88.3 Å². The first-order chi connectivity index (χ1) is 6.83. The van der Waals surface area contributed by atoms with Crippen LogP contribution in [0.25, 0.3) is 0 Å². The minimum atomic E-state index is -0.578. The maximum atomic E-state index is 11.5.